The largest absolute Gasteiger partial charge is 0.321 e. The Morgan fingerprint density at radius 3 is 2.71 bits per heavy atom. The molecule has 0 aliphatic carbocycles. The standard InChI is InChI=1S/C22H14FN7O/c23-17-5-4-16(28-22(31)19-12-24-7-8-26-19)10-20(17)30-13-15-9-14(11-27-21(15)29-30)18-3-1-2-6-25-18/h1-13H,(H,28,31). The third-order valence-corrected chi connectivity index (χ3v) is 4.57. The number of nitrogens with one attached hydrogen (secondary N) is 1. The monoisotopic (exact) mass is 411 g/mol. The molecule has 1 amide bonds. The Balaban J connectivity index is 1.48. The maximum atomic E-state index is 14.6. The van der Waals surface area contributed by atoms with Crippen LogP contribution in [0.25, 0.3) is 28.0 Å². The lowest BCUT2D eigenvalue weighted by atomic mass is 10.1. The summed E-state index contributed by atoms with van der Waals surface area (Å²) >= 11 is 0. The summed E-state index contributed by atoms with van der Waals surface area (Å²) in [4.78, 5) is 28.8. The van der Waals surface area contributed by atoms with E-state index < -0.39 is 11.7 Å². The Bertz CT molecular complexity index is 1390. The molecule has 0 saturated heterocycles. The molecule has 1 aromatic carbocycles. The second-order valence-corrected chi connectivity index (χ2v) is 6.64. The summed E-state index contributed by atoms with van der Waals surface area (Å²) in [6.45, 7) is 0. The molecule has 0 aliphatic rings. The summed E-state index contributed by atoms with van der Waals surface area (Å²) in [5, 5.41) is 7.79. The van der Waals surface area contributed by atoms with Crippen molar-refractivity contribution in [2.45, 2.75) is 0 Å². The number of anilines is 1. The molecule has 0 spiro atoms. The summed E-state index contributed by atoms with van der Waals surface area (Å²) in [5.41, 5.74) is 2.81. The molecule has 0 bridgehead atoms. The fourth-order valence-electron chi connectivity index (χ4n) is 3.09. The number of pyridine rings is 2. The number of aromatic nitrogens is 6. The van der Waals surface area contributed by atoms with Crippen molar-refractivity contribution in [2.24, 2.45) is 0 Å². The molecule has 150 valence electrons. The van der Waals surface area contributed by atoms with E-state index in [1.807, 2.05) is 24.3 Å². The molecule has 0 saturated carbocycles. The maximum Gasteiger partial charge on any atom is 0.275 e. The van der Waals surface area contributed by atoms with Gasteiger partial charge >= 0.3 is 0 Å². The molecule has 5 aromatic rings. The zero-order valence-electron chi connectivity index (χ0n) is 16.0. The van der Waals surface area contributed by atoms with Gasteiger partial charge in [-0.1, -0.05) is 6.07 Å². The van der Waals surface area contributed by atoms with Gasteiger partial charge in [0, 0.05) is 47.6 Å². The van der Waals surface area contributed by atoms with E-state index in [-0.39, 0.29) is 11.4 Å². The molecular formula is C22H14FN7O. The fourth-order valence-corrected chi connectivity index (χ4v) is 3.09. The third kappa shape index (κ3) is 3.71. The molecule has 1 N–H and O–H groups in total. The molecule has 8 nitrogen and oxygen atoms in total. The zero-order chi connectivity index (χ0) is 21.2. The van der Waals surface area contributed by atoms with Gasteiger partial charge in [-0.15, -0.1) is 5.10 Å². The van der Waals surface area contributed by atoms with Crippen LogP contribution in [0.5, 0.6) is 0 Å². The van der Waals surface area contributed by atoms with E-state index in [4.69, 9.17) is 0 Å². The summed E-state index contributed by atoms with van der Waals surface area (Å²) in [6, 6.07) is 11.7. The van der Waals surface area contributed by atoms with Crippen molar-refractivity contribution in [3.05, 3.63) is 91.2 Å². The Hall–Kier alpha value is -4.53. The Kier molecular flexibility index (Phi) is 4.60. The van der Waals surface area contributed by atoms with Crippen molar-refractivity contribution in [3.8, 4) is 16.9 Å². The first-order valence-electron chi connectivity index (χ1n) is 9.31. The number of fused-ring (bicyclic) bond motifs is 1. The van der Waals surface area contributed by atoms with Gasteiger partial charge < -0.3 is 5.32 Å². The fraction of sp³-hybridized carbons (Fsp3) is 0. The van der Waals surface area contributed by atoms with Crippen molar-refractivity contribution in [2.75, 3.05) is 5.32 Å². The first-order valence-corrected chi connectivity index (χ1v) is 9.31. The van der Waals surface area contributed by atoms with Crippen molar-refractivity contribution in [1.29, 1.82) is 0 Å². The number of carbonyl (C=O) groups is 1. The average molecular weight is 411 g/mol. The first-order chi connectivity index (χ1) is 15.2. The minimum absolute atomic E-state index is 0.157. The molecule has 31 heavy (non-hydrogen) atoms. The van der Waals surface area contributed by atoms with Gasteiger partial charge in [-0.25, -0.2) is 19.0 Å². The number of benzene rings is 1. The Morgan fingerprint density at radius 2 is 1.90 bits per heavy atom. The second-order valence-electron chi connectivity index (χ2n) is 6.64. The van der Waals surface area contributed by atoms with Crippen LogP contribution < -0.4 is 5.32 Å². The highest BCUT2D eigenvalue weighted by atomic mass is 19.1. The number of hydrogen-bond acceptors (Lipinski definition) is 6. The van der Waals surface area contributed by atoms with Gasteiger partial charge in [0.1, 0.15) is 17.2 Å². The van der Waals surface area contributed by atoms with E-state index in [9.17, 15) is 9.18 Å². The van der Waals surface area contributed by atoms with Gasteiger partial charge in [-0.2, -0.15) is 0 Å². The van der Waals surface area contributed by atoms with Gasteiger partial charge in [-0.3, -0.25) is 14.8 Å². The van der Waals surface area contributed by atoms with E-state index in [1.54, 1.807) is 18.6 Å². The van der Waals surface area contributed by atoms with E-state index in [0.29, 0.717) is 11.3 Å². The first kappa shape index (κ1) is 18.5. The highest BCUT2D eigenvalue weighted by Crippen LogP contribution is 2.24. The predicted molar refractivity (Wildman–Crippen MR) is 112 cm³/mol. The molecule has 0 unspecified atom stereocenters. The van der Waals surface area contributed by atoms with Crippen molar-refractivity contribution >= 4 is 22.6 Å². The van der Waals surface area contributed by atoms with Gasteiger partial charge in [0.2, 0.25) is 0 Å². The SMILES string of the molecule is O=C(Nc1ccc(F)c(-n2cc3cc(-c4ccccn4)cnc3n2)c1)c1cnccn1. The highest BCUT2D eigenvalue weighted by Gasteiger charge is 2.13. The number of amides is 1. The minimum Gasteiger partial charge on any atom is -0.321 e. The second kappa shape index (κ2) is 7.71. The van der Waals surface area contributed by atoms with Gasteiger partial charge in [0.05, 0.1) is 11.9 Å². The molecule has 9 heteroatoms. The van der Waals surface area contributed by atoms with E-state index in [2.05, 4.69) is 30.4 Å². The van der Waals surface area contributed by atoms with Crippen molar-refractivity contribution in [1.82, 2.24) is 29.7 Å². The number of hydrogen-bond donors (Lipinski definition) is 1. The number of rotatable bonds is 4. The topological polar surface area (TPSA) is 98.5 Å². The molecule has 0 fully saturated rings. The average Bonchev–Trinajstić information content (AvgIpc) is 3.24. The molecule has 0 radical (unpaired) electrons. The number of nitrogens with zero attached hydrogens (tertiary/aromatic N) is 6. The van der Waals surface area contributed by atoms with Crippen LogP contribution >= 0.6 is 0 Å². The molecule has 4 heterocycles. The maximum absolute atomic E-state index is 14.6. The van der Waals surface area contributed by atoms with E-state index >= 15 is 0 Å². The summed E-state index contributed by atoms with van der Waals surface area (Å²) in [5.74, 6) is -0.937. The van der Waals surface area contributed by atoms with Crippen molar-refractivity contribution in [3.63, 3.8) is 0 Å². The van der Waals surface area contributed by atoms with E-state index in [0.717, 1.165) is 16.6 Å². The molecule has 0 aliphatic heterocycles. The van der Waals surface area contributed by atoms with Crippen LogP contribution in [-0.4, -0.2) is 35.6 Å². The Morgan fingerprint density at radius 1 is 0.968 bits per heavy atom. The molecule has 4 aromatic heterocycles. The third-order valence-electron chi connectivity index (χ3n) is 4.57. The van der Waals surface area contributed by atoms with Crippen LogP contribution in [-0.2, 0) is 0 Å². The van der Waals surface area contributed by atoms with Crippen LogP contribution in [0.1, 0.15) is 10.5 Å². The lowest BCUT2D eigenvalue weighted by molar-refractivity contribution is 0.102. The molecule has 0 atom stereocenters. The van der Waals surface area contributed by atoms with E-state index in [1.165, 1.54) is 41.5 Å². The van der Waals surface area contributed by atoms with Crippen LogP contribution in [0.2, 0.25) is 0 Å². The van der Waals surface area contributed by atoms with Gasteiger partial charge in [-0.05, 0) is 36.4 Å². The number of carbonyl (C=O) groups excluding carboxylic acids is 1. The number of halogens is 1. The molecule has 5 rings (SSSR count). The van der Waals surface area contributed by atoms with Crippen LogP contribution in [0.15, 0.2) is 79.6 Å². The highest BCUT2D eigenvalue weighted by molar-refractivity contribution is 6.02. The lowest BCUT2D eigenvalue weighted by Crippen LogP contribution is -2.14. The summed E-state index contributed by atoms with van der Waals surface area (Å²) in [7, 11) is 0. The van der Waals surface area contributed by atoms with Gasteiger partial charge in [0.25, 0.3) is 5.91 Å². The quantitative estimate of drug-likeness (QED) is 0.485. The van der Waals surface area contributed by atoms with Crippen LogP contribution in [0, 0.1) is 5.82 Å². The van der Waals surface area contributed by atoms with Crippen LogP contribution in [0.3, 0.4) is 0 Å². The summed E-state index contributed by atoms with van der Waals surface area (Å²) < 4.78 is 16.0. The van der Waals surface area contributed by atoms with Gasteiger partial charge in [0.15, 0.2) is 5.65 Å². The zero-order valence-corrected chi connectivity index (χ0v) is 16.0. The van der Waals surface area contributed by atoms with Crippen molar-refractivity contribution < 1.29 is 9.18 Å². The summed E-state index contributed by atoms with van der Waals surface area (Å²) in [6.07, 6.45) is 9.32. The molecular weight excluding hydrogens is 397 g/mol. The Labute approximate surface area is 175 Å². The predicted octanol–water partition coefficient (Wildman–Crippen LogP) is 3.66. The lowest BCUT2D eigenvalue weighted by Gasteiger charge is -2.08. The normalized spacial score (nSPS) is 10.9. The smallest absolute Gasteiger partial charge is 0.275 e. The van der Waals surface area contributed by atoms with Crippen LogP contribution in [0.4, 0.5) is 10.1 Å². The minimum atomic E-state index is -0.491.